The van der Waals surface area contributed by atoms with Crippen LogP contribution in [0.25, 0.3) is 10.9 Å². The van der Waals surface area contributed by atoms with Gasteiger partial charge in [-0.1, -0.05) is 42.5 Å². The molecule has 154 valence electrons. The van der Waals surface area contributed by atoms with Crippen molar-refractivity contribution in [3.63, 3.8) is 0 Å². The molecule has 0 radical (unpaired) electrons. The van der Waals surface area contributed by atoms with Crippen molar-refractivity contribution in [1.82, 2.24) is 24.3 Å². The van der Waals surface area contributed by atoms with Gasteiger partial charge in [0.2, 0.25) is 4.77 Å². The Morgan fingerprint density at radius 3 is 2.60 bits per heavy atom. The fourth-order valence-corrected chi connectivity index (χ4v) is 3.74. The molecule has 0 amide bonds. The first-order valence-electron chi connectivity index (χ1n) is 10.0. The summed E-state index contributed by atoms with van der Waals surface area (Å²) in [7, 11) is 1.96. The maximum absolute atomic E-state index is 12.4. The van der Waals surface area contributed by atoms with Gasteiger partial charge in [-0.25, -0.2) is 4.98 Å². The molecule has 7 nitrogen and oxygen atoms in total. The number of nitrogens with zero attached hydrogens (tertiary/aromatic N) is 4. The summed E-state index contributed by atoms with van der Waals surface area (Å²) in [6, 6.07) is 17.6. The van der Waals surface area contributed by atoms with Crippen LogP contribution in [-0.4, -0.2) is 30.9 Å². The van der Waals surface area contributed by atoms with E-state index in [0.717, 1.165) is 18.8 Å². The van der Waals surface area contributed by atoms with Gasteiger partial charge in [0, 0.05) is 13.5 Å². The van der Waals surface area contributed by atoms with Crippen molar-refractivity contribution in [1.29, 1.82) is 0 Å². The number of quaternary nitrogens is 1. The summed E-state index contributed by atoms with van der Waals surface area (Å²) in [6.45, 7) is 4.15. The van der Waals surface area contributed by atoms with Crippen LogP contribution in [0.4, 0.5) is 0 Å². The van der Waals surface area contributed by atoms with E-state index in [-0.39, 0.29) is 5.56 Å². The normalized spacial score (nSPS) is 12.3. The van der Waals surface area contributed by atoms with Crippen molar-refractivity contribution < 1.29 is 4.90 Å². The second-order valence-corrected chi connectivity index (χ2v) is 7.75. The van der Waals surface area contributed by atoms with Crippen molar-refractivity contribution >= 4 is 23.1 Å². The van der Waals surface area contributed by atoms with E-state index in [1.807, 2.05) is 52.7 Å². The summed E-state index contributed by atoms with van der Waals surface area (Å²) in [5.74, 6) is 1.60. The topological polar surface area (TPSA) is 72.9 Å². The van der Waals surface area contributed by atoms with Crippen molar-refractivity contribution in [2.24, 2.45) is 7.05 Å². The smallest absolute Gasteiger partial charge is 0.258 e. The van der Waals surface area contributed by atoms with E-state index in [9.17, 15) is 4.79 Å². The quantitative estimate of drug-likeness (QED) is 0.447. The summed E-state index contributed by atoms with van der Waals surface area (Å²) in [5.41, 5.74) is 1.81. The highest BCUT2D eigenvalue weighted by Gasteiger charge is 2.15. The molecular weight excluding hydrogens is 396 g/mol. The lowest BCUT2D eigenvalue weighted by Crippen LogP contribution is -3.09. The second kappa shape index (κ2) is 8.73. The Labute approximate surface area is 179 Å². The zero-order valence-corrected chi connectivity index (χ0v) is 17.9. The molecule has 1 atom stereocenters. The summed E-state index contributed by atoms with van der Waals surface area (Å²) < 4.78 is 4.52. The second-order valence-electron chi connectivity index (χ2n) is 7.39. The Bertz CT molecular complexity index is 1270. The van der Waals surface area contributed by atoms with E-state index in [1.54, 1.807) is 6.07 Å². The van der Waals surface area contributed by atoms with Crippen molar-refractivity contribution in [2.45, 2.75) is 26.6 Å². The molecule has 0 aliphatic rings. The third-order valence-corrected chi connectivity index (χ3v) is 5.77. The lowest BCUT2D eigenvalue weighted by atomic mass is 10.1. The Morgan fingerprint density at radius 1 is 1.10 bits per heavy atom. The molecule has 0 saturated heterocycles. The van der Waals surface area contributed by atoms with Gasteiger partial charge in [0.15, 0.2) is 12.5 Å². The van der Waals surface area contributed by atoms with Crippen LogP contribution in [0.1, 0.15) is 24.1 Å². The number of hydrogen-bond donors (Lipinski definition) is 2. The maximum atomic E-state index is 12.4. The Kier molecular flexibility index (Phi) is 5.87. The molecule has 2 N–H and O–H groups in total. The van der Waals surface area contributed by atoms with Crippen molar-refractivity contribution in [2.75, 3.05) is 6.54 Å². The van der Waals surface area contributed by atoms with Crippen LogP contribution < -0.4 is 10.5 Å². The minimum Gasteiger partial charge on any atom is -0.310 e. The van der Waals surface area contributed by atoms with Crippen LogP contribution in [0.15, 0.2) is 59.4 Å². The average Bonchev–Trinajstić information content (AvgIpc) is 3.02. The SMILES string of the molecule is CC[NH+](Cc1nc2ccccc2c(=O)[nH]1)Cn1nc(Cc2ccccc2)n(C)c1=S. The Morgan fingerprint density at radius 2 is 1.83 bits per heavy atom. The molecule has 2 heterocycles. The molecule has 30 heavy (non-hydrogen) atoms. The van der Waals surface area contributed by atoms with Crippen LogP contribution in [-0.2, 0) is 26.7 Å². The molecule has 0 spiro atoms. The van der Waals surface area contributed by atoms with E-state index in [1.165, 1.54) is 10.5 Å². The van der Waals surface area contributed by atoms with E-state index in [4.69, 9.17) is 17.3 Å². The number of aromatic nitrogens is 5. The standard InChI is InChI=1S/C22H24N6OS/c1-3-27(14-19-23-18-12-8-7-11-17(18)21(29)24-19)15-28-22(30)26(2)20(25-28)13-16-9-5-4-6-10-16/h4-12H,3,13-15H2,1-2H3,(H,23,24,29)/p+1. The fourth-order valence-electron chi connectivity index (χ4n) is 3.53. The van der Waals surface area contributed by atoms with E-state index >= 15 is 0 Å². The third kappa shape index (κ3) is 4.24. The average molecular weight is 422 g/mol. The molecule has 4 rings (SSSR count). The third-order valence-electron chi connectivity index (χ3n) is 5.29. The highest BCUT2D eigenvalue weighted by Crippen LogP contribution is 2.08. The predicted molar refractivity (Wildman–Crippen MR) is 119 cm³/mol. The molecule has 8 heteroatoms. The van der Waals surface area contributed by atoms with E-state index in [0.29, 0.717) is 34.7 Å². The van der Waals surface area contributed by atoms with Gasteiger partial charge < -0.3 is 14.5 Å². The number of aromatic amines is 1. The molecule has 1 unspecified atom stereocenters. The zero-order valence-electron chi connectivity index (χ0n) is 17.1. The highest BCUT2D eigenvalue weighted by molar-refractivity contribution is 7.71. The first-order chi connectivity index (χ1) is 14.5. The lowest BCUT2D eigenvalue weighted by Gasteiger charge is -2.16. The van der Waals surface area contributed by atoms with Gasteiger partial charge >= 0.3 is 0 Å². The minimum atomic E-state index is -0.106. The number of H-pyrrole nitrogens is 1. The molecular formula is C22H25N6OS+. The minimum absolute atomic E-state index is 0.106. The van der Waals surface area contributed by atoms with Crippen molar-refractivity contribution in [3.8, 4) is 0 Å². The zero-order chi connectivity index (χ0) is 21.1. The highest BCUT2D eigenvalue weighted by atomic mass is 32.1. The largest absolute Gasteiger partial charge is 0.310 e. The molecule has 2 aromatic heterocycles. The fraction of sp³-hybridized carbons (Fsp3) is 0.273. The Balaban J connectivity index is 1.55. The van der Waals surface area contributed by atoms with Crippen LogP contribution >= 0.6 is 12.2 Å². The number of benzene rings is 2. The van der Waals surface area contributed by atoms with Gasteiger partial charge in [-0.3, -0.25) is 4.79 Å². The molecule has 0 saturated carbocycles. The molecule has 2 aromatic carbocycles. The molecule has 0 fully saturated rings. The molecule has 0 bridgehead atoms. The van der Waals surface area contributed by atoms with Gasteiger partial charge in [-0.15, -0.1) is 0 Å². The molecule has 0 aliphatic carbocycles. The first-order valence-corrected chi connectivity index (χ1v) is 10.4. The maximum Gasteiger partial charge on any atom is 0.258 e. The summed E-state index contributed by atoms with van der Waals surface area (Å²) in [5, 5.41) is 5.37. The van der Waals surface area contributed by atoms with Gasteiger partial charge in [0.05, 0.1) is 17.4 Å². The van der Waals surface area contributed by atoms with E-state index < -0.39 is 0 Å². The van der Waals surface area contributed by atoms with Crippen LogP contribution in [0, 0.1) is 4.77 Å². The number of para-hydroxylation sites is 1. The van der Waals surface area contributed by atoms with Crippen molar-refractivity contribution in [3.05, 3.63) is 86.9 Å². The summed E-state index contributed by atoms with van der Waals surface area (Å²) >= 11 is 5.62. The number of hydrogen-bond acceptors (Lipinski definition) is 4. The van der Waals surface area contributed by atoms with E-state index in [2.05, 4.69) is 29.0 Å². The number of rotatable bonds is 7. The van der Waals surface area contributed by atoms with Gasteiger partial charge in [-0.2, -0.15) is 9.78 Å². The van der Waals surface area contributed by atoms with Gasteiger partial charge in [0.1, 0.15) is 12.4 Å². The lowest BCUT2D eigenvalue weighted by molar-refractivity contribution is -0.935. The van der Waals surface area contributed by atoms with Crippen LogP contribution in [0.5, 0.6) is 0 Å². The number of fused-ring (bicyclic) bond motifs is 1. The first kappa shape index (κ1) is 20.2. The predicted octanol–water partition coefficient (Wildman–Crippen LogP) is 1.84. The van der Waals surface area contributed by atoms with Crippen LogP contribution in [0.3, 0.4) is 0 Å². The number of nitrogens with one attached hydrogen (secondary N) is 2. The van der Waals surface area contributed by atoms with Crippen LogP contribution in [0.2, 0.25) is 0 Å². The van der Waals surface area contributed by atoms with Gasteiger partial charge in [-0.05, 0) is 36.8 Å². The Hall–Kier alpha value is -3.10. The van der Waals surface area contributed by atoms with Gasteiger partial charge in [0.25, 0.3) is 5.56 Å². The monoisotopic (exact) mass is 421 g/mol. The summed E-state index contributed by atoms with van der Waals surface area (Å²) in [6.07, 6.45) is 0.731. The molecule has 4 aromatic rings. The summed E-state index contributed by atoms with van der Waals surface area (Å²) in [4.78, 5) is 21.1. The molecule has 0 aliphatic heterocycles.